The molecule has 0 aromatic rings. The van der Waals surface area contributed by atoms with Gasteiger partial charge in [0.15, 0.2) is 0 Å². The van der Waals surface area contributed by atoms with E-state index in [2.05, 4.69) is 11.5 Å². The molecule has 0 spiro atoms. The maximum atomic E-state index is 10.6. The van der Waals surface area contributed by atoms with Gasteiger partial charge in [-0.3, -0.25) is 0 Å². The summed E-state index contributed by atoms with van der Waals surface area (Å²) >= 11 is 0. The highest BCUT2D eigenvalue weighted by Gasteiger charge is 1.74. The van der Waals surface area contributed by atoms with Crippen LogP contribution in [0.25, 0.3) is 0 Å². The van der Waals surface area contributed by atoms with E-state index in [4.69, 9.17) is 0 Å². The summed E-state index contributed by atoms with van der Waals surface area (Å²) < 4.78 is 10.6. The van der Waals surface area contributed by atoms with Gasteiger partial charge in [-0.25, -0.2) is 0 Å². The van der Waals surface area contributed by atoms with Gasteiger partial charge in [0.1, 0.15) is 0 Å². The molecule has 0 rings (SSSR count). The van der Waals surface area contributed by atoms with Crippen molar-refractivity contribution in [3.63, 3.8) is 0 Å². The Kier molecular flexibility index (Phi) is 4.34. The number of halogens is 1. The van der Waals surface area contributed by atoms with Crippen LogP contribution in [-0.2, 0) is 4.94 Å². The van der Waals surface area contributed by atoms with Crippen molar-refractivity contribution in [1.29, 1.82) is 0 Å². The highest BCUT2D eigenvalue weighted by atomic mass is 19.3. The molecular formula is C4H7FO. The molecule has 0 amide bonds. The van der Waals surface area contributed by atoms with Crippen LogP contribution in [0.15, 0.2) is 12.7 Å². The first-order chi connectivity index (χ1) is 2.91. The lowest BCUT2D eigenvalue weighted by Crippen LogP contribution is -1.77. The second-order valence-electron chi connectivity index (χ2n) is 0.891. The maximum absolute atomic E-state index is 10.6. The molecule has 1 nitrogen and oxygen atoms in total. The lowest BCUT2D eigenvalue weighted by molar-refractivity contribution is -0.129. The van der Waals surface area contributed by atoms with Crippen molar-refractivity contribution in [3.05, 3.63) is 12.7 Å². The zero-order valence-electron chi connectivity index (χ0n) is 3.48. The van der Waals surface area contributed by atoms with Crippen molar-refractivity contribution in [3.8, 4) is 0 Å². The fraction of sp³-hybridized carbons (Fsp3) is 0.500. The van der Waals surface area contributed by atoms with Crippen molar-refractivity contribution in [1.82, 2.24) is 0 Å². The van der Waals surface area contributed by atoms with Crippen molar-refractivity contribution in [2.45, 2.75) is 6.42 Å². The van der Waals surface area contributed by atoms with Crippen molar-refractivity contribution in [2.24, 2.45) is 0 Å². The second-order valence-corrected chi connectivity index (χ2v) is 0.891. The molecule has 0 aliphatic heterocycles. The van der Waals surface area contributed by atoms with Crippen molar-refractivity contribution >= 4 is 0 Å². The monoisotopic (exact) mass is 90.0 g/mol. The van der Waals surface area contributed by atoms with Crippen LogP contribution in [0.1, 0.15) is 6.42 Å². The van der Waals surface area contributed by atoms with Crippen LogP contribution < -0.4 is 0 Å². The van der Waals surface area contributed by atoms with Crippen LogP contribution in [0.5, 0.6) is 0 Å². The van der Waals surface area contributed by atoms with Gasteiger partial charge in [0.05, 0.1) is 6.61 Å². The molecule has 0 unspecified atom stereocenters. The summed E-state index contributed by atoms with van der Waals surface area (Å²) in [5.74, 6) is 0. The van der Waals surface area contributed by atoms with E-state index in [1.54, 1.807) is 6.08 Å². The molecule has 0 aromatic carbocycles. The van der Waals surface area contributed by atoms with Gasteiger partial charge in [0.25, 0.3) is 0 Å². The average Bonchev–Trinajstić information content (AvgIpc) is 1.61. The molecule has 36 valence electrons. The van der Waals surface area contributed by atoms with Gasteiger partial charge in [-0.1, -0.05) is 6.08 Å². The standard InChI is InChI=1S/C4H7FO/c1-2-3-4-6-5/h2H,1,3-4H2. The van der Waals surface area contributed by atoms with Crippen molar-refractivity contribution in [2.75, 3.05) is 6.61 Å². The Morgan fingerprint density at radius 3 is 2.67 bits per heavy atom. The smallest absolute Gasteiger partial charge is 0.0910 e. The summed E-state index contributed by atoms with van der Waals surface area (Å²) in [4.78, 5) is 3.21. The summed E-state index contributed by atoms with van der Waals surface area (Å²) in [5, 5.41) is 0. The number of rotatable bonds is 3. The minimum absolute atomic E-state index is 0.128. The quantitative estimate of drug-likeness (QED) is 0.376. The van der Waals surface area contributed by atoms with Gasteiger partial charge in [0.2, 0.25) is 0 Å². The summed E-state index contributed by atoms with van der Waals surface area (Å²) in [6.45, 7) is 3.48. The lowest BCUT2D eigenvalue weighted by Gasteiger charge is -1.80. The van der Waals surface area contributed by atoms with Crippen LogP contribution >= 0.6 is 0 Å². The largest absolute Gasteiger partial charge is 0.194 e. The van der Waals surface area contributed by atoms with Crippen LogP contribution in [0.4, 0.5) is 4.53 Å². The summed E-state index contributed by atoms with van der Waals surface area (Å²) in [7, 11) is 0. The van der Waals surface area contributed by atoms with Crippen LogP contribution in [-0.4, -0.2) is 6.61 Å². The predicted octanol–water partition coefficient (Wildman–Crippen LogP) is 1.46. The Labute approximate surface area is 36.3 Å². The molecule has 0 atom stereocenters. The third kappa shape index (κ3) is 3.63. The van der Waals surface area contributed by atoms with Gasteiger partial charge >= 0.3 is 0 Å². The summed E-state index contributed by atoms with van der Waals surface area (Å²) in [6.07, 6.45) is 2.18. The molecule has 0 fully saturated rings. The molecular weight excluding hydrogens is 83.0 g/mol. The van der Waals surface area contributed by atoms with Crippen molar-refractivity contribution < 1.29 is 9.47 Å². The summed E-state index contributed by atoms with van der Waals surface area (Å²) in [5.41, 5.74) is 0. The molecule has 0 saturated heterocycles. The Morgan fingerprint density at radius 1 is 1.83 bits per heavy atom. The summed E-state index contributed by atoms with van der Waals surface area (Å²) in [6, 6.07) is 0. The Hall–Kier alpha value is -0.370. The molecule has 0 bridgehead atoms. The van der Waals surface area contributed by atoms with Gasteiger partial charge in [-0.15, -0.1) is 6.58 Å². The van der Waals surface area contributed by atoms with Gasteiger partial charge in [0, 0.05) is 0 Å². The normalized spacial score (nSPS) is 8.17. The Morgan fingerprint density at radius 2 is 2.50 bits per heavy atom. The van der Waals surface area contributed by atoms with E-state index in [1.165, 1.54) is 0 Å². The molecule has 0 radical (unpaired) electrons. The molecule has 0 N–H and O–H groups in total. The Bertz CT molecular complexity index is 36.5. The highest BCUT2D eigenvalue weighted by Crippen LogP contribution is 1.80. The van der Waals surface area contributed by atoms with Crippen LogP contribution in [0.3, 0.4) is 0 Å². The molecule has 0 aliphatic rings. The topological polar surface area (TPSA) is 9.23 Å². The first-order valence-corrected chi connectivity index (χ1v) is 1.76. The van der Waals surface area contributed by atoms with Gasteiger partial charge in [-0.2, -0.15) is 4.94 Å². The van der Waals surface area contributed by atoms with Crippen LogP contribution in [0.2, 0.25) is 0 Å². The molecule has 0 aliphatic carbocycles. The van der Waals surface area contributed by atoms with Gasteiger partial charge in [-0.05, 0) is 10.9 Å². The lowest BCUT2D eigenvalue weighted by atomic mass is 10.5. The molecule has 0 aromatic heterocycles. The first kappa shape index (κ1) is 5.63. The minimum atomic E-state index is 0.128. The van der Waals surface area contributed by atoms with E-state index >= 15 is 0 Å². The SMILES string of the molecule is C=CCCOF. The van der Waals surface area contributed by atoms with E-state index in [0.717, 1.165) is 0 Å². The molecule has 0 saturated carbocycles. The number of hydrogen-bond donors (Lipinski definition) is 0. The minimum Gasteiger partial charge on any atom is -0.194 e. The van der Waals surface area contributed by atoms with Crippen LogP contribution in [0, 0.1) is 0 Å². The highest BCUT2D eigenvalue weighted by molar-refractivity contribution is 4.63. The third-order valence-corrected chi connectivity index (χ3v) is 0.399. The molecule has 0 heterocycles. The van der Waals surface area contributed by atoms with E-state index in [-0.39, 0.29) is 6.61 Å². The third-order valence-electron chi connectivity index (χ3n) is 0.399. The average molecular weight is 90.1 g/mol. The van der Waals surface area contributed by atoms with E-state index in [9.17, 15) is 4.53 Å². The van der Waals surface area contributed by atoms with Gasteiger partial charge < -0.3 is 0 Å². The fourth-order valence-corrected chi connectivity index (χ4v) is 0.128. The zero-order chi connectivity index (χ0) is 4.83. The van der Waals surface area contributed by atoms with E-state index < -0.39 is 0 Å². The zero-order valence-corrected chi connectivity index (χ0v) is 3.48. The first-order valence-electron chi connectivity index (χ1n) is 1.76. The number of hydrogen-bond acceptors (Lipinski definition) is 1. The Balaban J connectivity index is 2.49. The fourth-order valence-electron chi connectivity index (χ4n) is 0.128. The molecule has 2 heteroatoms. The molecule has 6 heavy (non-hydrogen) atoms. The van der Waals surface area contributed by atoms with E-state index in [1.807, 2.05) is 0 Å². The second kappa shape index (κ2) is 4.63. The predicted molar refractivity (Wildman–Crippen MR) is 21.9 cm³/mol. The van der Waals surface area contributed by atoms with E-state index in [0.29, 0.717) is 6.42 Å². The maximum Gasteiger partial charge on any atom is 0.0910 e.